The lowest BCUT2D eigenvalue weighted by atomic mass is 9.85. The van der Waals surface area contributed by atoms with Crippen molar-refractivity contribution < 1.29 is 33.4 Å². The van der Waals surface area contributed by atoms with Gasteiger partial charge in [-0.05, 0) is 74.4 Å². The average Bonchev–Trinajstić information content (AvgIpc) is 3.21. The minimum atomic E-state index is -0.757. The Morgan fingerprint density at radius 3 is 2.03 bits per heavy atom. The molecule has 196 valence electrons. The summed E-state index contributed by atoms with van der Waals surface area (Å²) in [7, 11) is 0. The fourth-order valence-electron chi connectivity index (χ4n) is 4.69. The van der Waals surface area contributed by atoms with Gasteiger partial charge in [-0.1, -0.05) is 35.9 Å². The van der Waals surface area contributed by atoms with Gasteiger partial charge >= 0.3 is 11.9 Å². The molecule has 1 aliphatic heterocycles. The van der Waals surface area contributed by atoms with Crippen LogP contribution >= 0.6 is 0 Å². The van der Waals surface area contributed by atoms with E-state index in [2.05, 4.69) is 0 Å². The van der Waals surface area contributed by atoms with Crippen LogP contribution in [0.2, 0.25) is 0 Å². The lowest BCUT2D eigenvalue weighted by Gasteiger charge is -2.15. The largest absolute Gasteiger partial charge is 0.454 e. The van der Waals surface area contributed by atoms with Crippen LogP contribution in [0.5, 0.6) is 5.75 Å². The first kappa shape index (κ1) is 25.8. The predicted molar refractivity (Wildman–Crippen MR) is 141 cm³/mol. The van der Waals surface area contributed by atoms with Crippen LogP contribution < -0.4 is 9.64 Å². The first-order valence-corrected chi connectivity index (χ1v) is 12.5. The summed E-state index contributed by atoms with van der Waals surface area (Å²) < 4.78 is 10.5. The van der Waals surface area contributed by atoms with Crippen molar-refractivity contribution in [1.82, 2.24) is 0 Å². The number of rotatable bonds is 7. The Hall–Kier alpha value is -4.85. The maximum atomic E-state index is 12.9. The van der Waals surface area contributed by atoms with Gasteiger partial charge in [0.25, 0.3) is 0 Å². The highest BCUT2D eigenvalue weighted by Gasteiger charge is 2.47. The number of amides is 2. The number of hydrogen-bond acceptors (Lipinski definition) is 7. The molecule has 2 amide bonds. The van der Waals surface area contributed by atoms with E-state index in [1.54, 1.807) is 24.3 Å². The van der Waals surface area contributed by atoms with Gasteiger partial charge in [0.05, 0.1) is 28.7 Å². The molecule has 0 saturated carbocycles. The molecule has 8 nitrogen and oxygen atoms in total. The first-order chi connectivity index (χ1) is 18.8. The van der Waals surface area contributed by atoms with Crippen molar-refractivity contribution in [2.75, 3.05) is 11.5 Å². The minimum Gasteiger partial charge on any atom is -0.454 e. The molecular formula is C31H25NO7. The molecule has 8 heteroatoms. The summed E-state index contributed by atoms with van der Waals surface area (Å²) in [5.41, 5.74) is 2.12. The zero-order chi connectivity index (χ0) is 27.5. The first-order valence-electron chi connectivity index (χ1n) is 12.5. The highest BCUT2D eigenvalue weighted by atomic mass is 16.5. The zero-order valence-electron chi connectivity index (χ0n) is 21.2. The van der Waals surface area contributed by atoms with Gasteiger partial charge in [-0.3, -0.25) is 19.3 Å². The molecule has 3 aromatic carbocycles. The van der Waals surface area contributed by atoms with Crippen molar-refractivity contribution in [3.05, 3.63) is 107 Å². The molecule has 2 atom stereocenters. The molecule has 39 heavy (non-hydrogen) atoms. The summed E-state index contributed by atoms with van der Waals surface area (Å²) in [6.45, 7) is 1.41. The molecule has 0 spiro atoms. The van der Waals surface area contributed by atoms with E-state index in [1.165, 1.54) is 36.4 Å². The number of hydrogen-bond donors (Lipinski definition) is 0. The van der Waals surface area contributed by atoms with Gasteiger partial charge in [0.1, 0.15) is 5.75 Å². The second-order valence-electron chi connectivity index (χ2n) is 9.50. The molecule has 0 N–H and O–H groups in total. The van der Waals surface area contributed by atoms with Gasteiger partial charge in [-0.15, -0.1) is 0 Å². The number of Topliss-reactive ketones (excluding diaryl/α,β-unsaturated/α-hetero) is 1. The number of fused-ring (bicyclic) bond motifs is 1. The van der Waals surface area contributed by atoms with E-state index in [0.29, 0.717) is 24.1 Å². The molecule has 5 rings (SSSR count). The molecule has 0 bridgehead atoms. The van der Waals surface area contributed by atoms with Crippen LogP contribution in [-0.2, 0) is 14.3 Å². The Bertz CT molecular complexity index is 1460. The van der Waals surface area contributed by atoms with Gasteiger partial charge in [-0.2, -0.15) is 0 Å². The summed E-state index contributed by atoms with van der Waals surface area (Å²) in [5, 5.41) is 0. The Morgan fingerprint density at radius 1 is 0.769 bits per heavy atom. The van der Waals surface area contributed by atoms with E-state index < -0.39 is 24.3 Å². The molecular weight excluding hydrogens is 498 g/mol. The molecule has 2 unspecified atom stereocenters. The Labute approximate surface area is 224 Å². The Morgan fingerprint density at radius 2 is 1.38 bits per heavy atom. The maximum absolute atomic E-state index is 12.9. The van der Waals surface area contributed by atoms with Crippen molar-refractivity contribution >= 4 is 35.2 Å². The van der Waals surface area contributed by atoms with Crippen LogP contribution in [0.3, 0.4) is 0 Å². The number of nitrogens with zero attached hydrogens (tertiary/aromatic N) is 1. The Kier molecular flexibility index (Phi) is 7.19. The molecule has 2 aliphatic rings. The summed E-state index contributed by atoms with van der Waals surface area (Å²) >= 11 is 0. The van der Waals surface area contributed by atoms with Gasteiger partial charge in [0.2, 0.25) is 11.8 Å². The fraction of sp³-hybridized carbons (Fsp3) is 0.194. The van der Waals surface area contributed by atoms with E-state index in [1.807, 2.05) is 31.2 Å². The molecule has 0 aromatic heterocycles. The standard InChI is InChI=1S/C31H25NO7/c1-19-9-11-21(12-10-19)31(37)39-24-15-13-20(14-16-24)27(33)18-38-30(36)22-5-4-6-23(17-22)32-28(34)25-7-2-3-8-26(25)29(32)35/h2-6,9-17,25-26H,7-8,18H2,1H3. The molecule has 0 radical (unpaired) electrons. The third-order valence-corrected chi connectivity index (χ3v) is 6.86. The monoisotopic (exact) mass is 523 g/mol. The highest BCUT2D eigenvalue weighted by molar-refractivity contribution is 6.22. The third-order valence-electron chi connectivity index (χ3n) is 6.86. The number of carbonyl (C=O) groups excluding carboxylic acids is 5. The van der Waals surface area contributed by atoms with Gasteiger partial charge in [0.15, 0.2) is 12.4 Å². The number of ketones is 1. The van der Waals surface area contributed by atoms with Crippen LogP contribution in [-0.4, -0.2) is 36.1 Å². The summed E-state index contributed by atoms with van der Waals surface area (Å²) in [4.78, 5) is 64.4. The molecule has 1 heterocycles. The van der Waals surface area contributed by atoms with Crippen LogP contribution in [0.25, 0.3) is 0 Å². The average molecular weight is 524 g/mol. The van der Waals surface area contributed by atoms with E-state index in [9.17, 15) is 24.0 Å². The van der Waals surface area contributed by atoms with Crippen LogP contribution in [0.15, 0.2) is 84.9 Å². The SMILES string of the molecule is Cc1ccc(C(=O)Oc2ccc(C(=O)COC(=O)c3cccc(N4C(=O)C5CC=CCC5C4=O)c3)cc2)cc1. The van der Waals surface area contributed by atoms with E-state index in [-0.39, 0.29) is 40.5 Å². The molecule has 1 aliphatic carbocycles. The van der Waals surface area contributed by atoms with Crippen LogP contribution in [0.4, 0.5) is 5.69 Å². The number of aryl methyl sites for hydroxylation is 1. The lowest BCUT2D eigenvalue weighted by Crippen LogP contribution is -2.31. The predicted octanol–water partition coefficient (Wildman–Crippen LogP) is 4.71. The number of ether oxygens (including phenoxy) is 2. The van der Waals surface area contributed by atoms with Crippen molar-refractivity contribution in [3.8, 4) is 5.75 Å². The smallest absolute Gasteiger partial charge is 0.343 e. The Balaban J connectivity index is 1.18. The van der Waals surface area contributed by atoms with Crippen molar-refractivity contribution in [3.63, 3.8) is 0 Å². The fourth-order valence-corrected chi connectivity index (χ4v) is 4.69. The lowest BCUT2D eigenvalue weighted by molar-refractivity contribution is -0.122. The van der Waals surface area contributed by atoms with Crippen molar-refractivity contribution in [1.29, 1.82) is 0 Å². The third kappa shape index (κ3) is 5.40. The number of benzene rings is 3. The van der Waals surface area contributed by atoms with E-state index in [4.69, 9.17) is 9.47 Å². The van der Waals surface area contributed by atoms with Gasteiger partial charge < -0.3 is 9.47 Å². The normalized spacial score (nSPS) is 18.0. The molecule has 1 fully saturated rings. The van der Waals surface area contributed by atoms with E-state index in [0.717, 1.165) is 10.5 Å². The van der Waals surface area contributed by atoms with Crippen LogP contribution in [0, 0.1) is 18.8 Å². The van der Waals surface area contributed by atoms with Crippen molar-refractivity contribution in [2.24, 2.45) is 11.8 Å². The van der Waals surface area contributed by atoms with E-state index >= 15 is 0 Å². The number of esters is 2. The maximum Gasteiger partial charge on any atom is 0.343 e. The van der Waals surface area contributed by atoms with Crippen LogP contribution in [0.1, 0.15) is 49.5 Å². The van der Waals surface area contributed by atoms with Gasteiger partial charge in [-0.25, -0.2) is 9.59 Å². The molecule has 3 aromatic rings. The second-order valence-corrected chi connectivity index (χ2v) is 9.50. The summed E-state index contributed by atoms with van der Waals surface area (Å²) in [6, 6.07) is 19.0. The number of anilines is 1. The van der Waals surface area contributed by atoms with Crippen molar-refractivity contribution in [2.45, 2.75) is 19.8 Å². The summed E-state index contributed by atoms with van der Waals surface area (Å²) in [5.74, 6) is -2.76. The minimum absolute atomic E-state index is 0.118. The quantitative estimate of drug-likeness (QED) is 0.145. The van der Waals surface area contributed by atoms with Gasteiger partial charge in [0, 0.05) is 5.56 Å². The highest BCUT2D eigenvalue weighted by Crippen LogP contribution is 2.37. The zero-order valence-corrected chi connectivity index (χ0v) is 21.2. The number of imide groups is 1. The molecule has 1 saturated heterocycles. The second kappa shape index (κ2) is 10.9. The summed E-state index contributed by atoms with van der Waals surface area (Å²) in [6.07, 6.45) is 4.86. The number of carbonyl (C=O) groups is 5. The number of allylic oxidation sites excluding steroid dienone is 2. The topological polar surface area (TPSA) is 107 Å².